The van der Waals surface area contributed by atoms with Crippen LogP contribution in [-0.2, 0) is 13.0 Å². The summed E-state index contributed by atoms with van der Waals surface area (Å²) in [7, 11) is 1.87. The molecule has 0 saturated carbocycles. The summed E-state index contributed by atoms with van der Waals surface area (Å²) >= 11 is 0. The molecule has 2 nitrogen and oxygen atoms in total. The van der Waals surface area contributed by atoms with Gasteiger partial charge in [0.1, 0.15) is 5.76 Å². The van der Waals surface area contributed by atoms with Crippen LogP contribution >= 0.6 is 0 Å². The van der Waals surface area contributed by atoms with Gasteiger partial charge in [-0.2, -0.15) is 0 Å². The van der Waals surface area contributed by atoms with Gasteiger partial charge < -0.3 is 9.73 Å². The van der Waals surface area contributed by atoms with E-state index in [1.807, 2.05) is 19.2 Å². The van der Waals surface area contributed by atoms with Crippen molar-refractivity contribution in [2.24, 2.45) is 5.92 Å². The maximum Gasteiger partial charge on any atom is 0.170 e. The predicted octanol–water partition coefficient (Wildman–Crippen LogP) is 3.80. The Balaban J connectivity index is 2.63. The zero-order valence-electron chi connectivity index (χ0n) is 11.4. The maximum absolute atomic E-state index is 14.1. The second-order valence-electron chi connectivity index (χ2n) is 5.21. The van der Waals surface area contributed by atoms with E-state index in [9.17, 15) is 4.39 Å². The third-order valence-electron chi connectivity index (χ3n) is 3.13. The quantitative estimate of drug-likeness (QED) is 0.891. The van der Waals surface area contributed by atoms with Gasteiger partial charge in [0.25, 0.3) is 0 Å². The molecule has 0 fully saturated rings. The van der Waals surface area contributed by atoms with Crippen LogP contribution in [-0.4, -0.2) is 7.05 Å². The number of furan rings is 1. The minimum Gasteiger partial charge on any atom is -0.456 e. The lowest BCUT2D eigenvalue weighted by atomic mass is 9.99. The average Bonchev–Trinajstić information content (AvgIpc) is 2.63. The third kappa shape index (κ3) is 2.27. The number of hydrogen-bond acceptors (Lipinski definition) is 2. The Morgan fingerprint density at radius 3 is 2.67 bits per heavy atom. The van der Waals surface area contributed by atoms with E-state index >= 15 is 0 Å². The lowest BCUT2D eigenvalue weighted by Gasteiger charge is -2.05. The van der Waals surface area contributed by atoms with Gasteiger partial charge in [0, 0.05) is 10.9 Å². The number of fused-ring (bicyclic) bond motifs is 1. The summed E-state index contributed by atoms with van der Waals surface area (Å²) in [5.74, 6) is 1.14. The van der Waals surface area contributed by atoms with E-state index in [-0.39, 0.29) is 5.82 Å². The Bertz CT molecular complexity index is 557. The number of rotatable bonds is 4. The molecule has 1 heterocycles. The first-order chi connectivity index (χ1) is 8.54. The summed E-state index contributed by atoms with van der Waals surface area (Å²) in [6.07, 6.45) is 0.909. The topological polar surface area (TPSA) is 25.2 Å². The van der Waals surface area contributed by atoms with Crippen molar-refractivity contribution in [3.63, 3.8) is 0 Å². The molecule has 1 N–H and O–H groups in total. The molecule has 2 rings (SSSR count). The van der Waals surface area contributed by atoms with E-state index in [4.69, 9.17) is 4.42 Å². The van der Waals surface area contributed by atoms with E-state index in [0.717, 1.165) is 23.1 Å². The molecule has 0 radical (unpaired) electrons. The SMILES string of the molecule is CNCc1oc2c(F)c(C)ccc2c1CC(C)C. The molecular weight excluding hydrogens is 229 g/mol. The van der Waals surface area contributed by atoms with Gasteiger partial charge in [0.2, 0.25) is 0 Å². The highest BCUT2D eigenvalue weighted by Crippen LogP contribution is 2.31. The minimum atomic E-state index is -0.236. The van der Waals surface area contributed by atoms with Crippen LogP contribution < -0.4 is 5.32 Å². The van der Waals surface area contributed by atoms with Crippen LogP contribution in [0.15, 0.2) is 16.5 Å². The van der Waals surface area contributed by atoms with Gasteiger partial charge >= 0.3 is 0 Å². The molecule has 1 aromatic heterocycles. The average molecular weight is 249 g/mol. The maximum atomic E-state index is 14.1. The zero-order valence-corrected chi connectivity index (χ0v) is 11.4. The fraction of sp³-hybridized carbons (Fsp3) is 0.467. The summed E-state index contributed by atoms with van der Waals surface area (Å²) in [5, 5.41) is 3.99. The normalized spacial score (nSPS) is 11.7. The molecule has 0 bridgehead atoms. The van der Waals surface area contributed by atoms with Crippen molar-refractivity contribution >= 4 is 11.0 Å². The molecule has 0 spiro atoms. The largest absolute Gasteiger partial charge is 0.456 e. The zero-order chi connectivity index (χ0) is 13.3. The predicted molar refractivity (Wildman–Crippen MR) is 72.2 cm³/mol. The third-order valence-corrected chi connectivity index (χ3v) is 3.13. The van der Waals surface area contributed by atoms with Crippen LogP contribution in [0.5, 0.6) is 0 Å². The highest BCUT2D eigenvalue weighted by molar-refractivity contribution is 5.83. The molecule has 0 saturated heterocycles. The van der Waals surface area contributed by atoms with E-state index in [1.54, 1.807) is 6.92 Å². The molecule has 0 aliphatic rings. The number of halogens is 1. The van der Waals surface area contributed by atoms with Crippen LogP contribution in [0.2, 0.25) is 0 Å². The van der Waals surface area contributed by atoms with Crippen LogP contribution in [0.1, 0.15) is 30.7 Å². The molecule has 0 atom stereocenters. The monoisotopic (exact) mass is 249 g/mol. The molecule has 1 aromatic carbocycles. The van der Waals surface area contributed by atoms with Crippen molar-refractivity contribution in [3.05, 3.63) is 34.8 Å². The molecule has 3 heteroatoms. The summed E-state index contributed by atoms with van der Waals surface area (Å²) in [5.41, 5.74) is 2.16. The van der Waals surface area contributed by atoms with E-state index < -0.39 is 0 Å². The van der Waals surface area contributed by atoms with Gasteiger partial charge in [0.15, 0.2) is 11.4 Å². The van der Waals surface area contributed by atoms with Crippen LogP contribution in [0.25, 0.3) is 11.0 Å². The second kappa shape index (κ2) is 5.11. The van der Waals surface area contributed by atoms with Crippen LogP contribution in [0.3, 0.4) is 0 Å². The molecule has 0 aliphatic carbocycles. The summed E-state index contributed by atoms with van der Waals surface area (Å²) in [6.45, 7) is 6.71. The number of nitrogens with one attached hydrogen (secondary N) is 1. The number of hydrogen-bond donors (Lipinski definition) is 1. The van der Waals surface area contributed by atoms with Crippen molar-refractivity contribution < 1.29 is 8.81 Å². The first kappa shape index (κ1) is 13.1. The number of benzene rings is 1. The van der Waals surface area contributed by atoms with E-state index in [2.05, 4.69) is 19.2 Å². The lowest BCUT2D eigenvalue weighted by Crippen LogP contribution is -2.07. The molecule has 98 valence electrons. The van der Waals surface area contributed by atoms with Gasteiger partial charge in [-0.05, 0) is 31.9 Å². The van der Waals surface area contributed by atoms with Gasteiger partial charge in [-0.1, -0.05) is 26.0 Å². The molecule has 2 aromatic rings. The molecular formula is C15H20FNO. The Morgan fingerprint density at radius 1 is 1.33 bits per heavy atom. The second-order valence-corrected chi connectivity index (χ2v) is 5.21. The lowest BCUT2D eigenvalue weighted by molar-refractivity contribution is 0.495. The first-order valence-corrected chi connectivity index (χ1v) is 6.38. The summed E-state index contributed by atoms with van der Waals surface area (Å²) in [4.78, 5) is 0. The minimum absolute atomic E-state index is 0.236. The van der Waals surface area contributed by atoms with E-state index in [1.165, 1.54) is 0 Å². The molecule has 0 aliphatic heterocycles. The Hall–Kier alpha value is -1.35. The highest BCUT2D eigenvalue weighted by atomic mass is 19.1. The Kier molecular flexibility index (Phi) is 3.71. The molecule has 18 heavy (non-hydrogen) atoms. The van der Waals surface area contributed by atoms with Gasteiger partial charge in [0.05, 0.1) is 6.54 Å². The number of aryl methyl sites for hydroxylation is 1. The van der Waals surface area contributed by atoms with Crippen molar-refractivity contribution in [3.8, 4) is 0 Å². The summed E-state index contributed by atoms with van der Waals surface area (Å²) < 4.78 is 19.8. The van der Waals surface area contributed by atoms with Gasteiger partial charge in [-0.25, -0.2) is 4.39 Å². The Morgan fingerprint density at radius 2 is 2.06 bits per heavy atom. The fourth-order valence-electron chi connectivity index (χ4n) is 2.26. The smallest absolute Gasteiger partial charge is 0.170 e. The van der Waals surface area contributed by atoms with Crippen molar-refractivity contribution in [1.82, 2.24) is 5.32 Å². The van der Waals surface area contributed by atoms with Crippen molar-refractivity contribution in [1.29, 1.82) is 0 Å². The van der Waals surface area contributed by atoms with Crippen LogP contribution in [0.4, 0.5) is 4.39 Å². The Labute approximate surface area is 107 Å². The molecule has 0 amide bonds. The molecule has 0 unspecified atom stereocenters. The highest BCUT2D eigenvalue weighted by Gasteiger charge is 2.18. The van der Waals surface area contributed by atoms with E-state index in [0.29, 0.717) is 23.6 Å². The standard InChI is InChI=1S/C15H20FNO/c1-9(2)7-12-11-6-5-10(3)14(16)15(11)18-13(12)8-17-4/h5-6,9,17H,7-8H2,1-4H3. The van der Waals surface area contributed by atoms with Crippen molar-refractivity contribution in [2.75, 3.05) is 7.05 Å². The van der Waals surface area contributed by atoms with Gasteiger partial charge in [-0.3, -0.25) is 0 Å². The summed E-state index contributed by atoms with van der Waals surface area (Å²) in [6, 6.07) is 3.79. The van der Waals surface area contributed by atoms with Crippen molar-refractivity contribution in [2.45, 2.75) is 33.7 Å². The fourth-order valence-corrected chi connectivity index (χ4v) is 2.26. The first-order valence-electron chi connectivity index (χ1n) is 6.38. The van der Waals surface area contributed by atoms with Gasteiger partial charge in [-0.15, -0.1) is 0 Å². The van der Waals surface area contributed by atoms with Crippen LogP contribution in [0, 0.1) is 18.7 Å².